The lowest BCUT2D eigenvalue weighted by molar-refractivity contribution is -0.136. The van der Waals surface area contributed by atoms with Crippen LogP contribution >= 0.6 is 0 Å². The second-order valence-electron chi connectivity index (χ2n) is 11.3. The van der Waals surface area contributed by atoms with Gasteiger partial charge in [0.05, 0.1) is 19.3 Å². The Labute approximate surface area is 189 Å². The smallest absolute Gasteiger partial charge is 0.333 e. The molecule has 0 unspecified atom stereocenters. The molecular formula is C25H42O5Si. The summed E-state index contributed by atoms with van der Waals surface area (Å²) in [7, 11) is 1.18. The molecule has 31 heavy (non-hydrogen) atoms. The lowest BCUT2D eigenvalue weighted by atomic mass is 9.60. The Morgan fingerprint density at radius 2 is 1.90 bits per heavy atom. The summed E-state index contributed by atoms with van der Waals surface area (Å²) in [5.41, 5.74) is 2.20. The van der Waals surface area contributed by atoms with Crippen LogP contribution in [0.3, 0.4) is 0 Å². The zero-order valence-corrected chi connectivity index (χ0v) is 21.7. The summed E-state index contributed by atoms with van der Waals surface area (Å²) in [6.45, 7) is 14.3. The predicted molar refractivity (Wildman–Crippen MR) is 125 cm³/mol. The van der Waals surface area contributed by atoms with E-state index in [1.54, 1.807) is 7.11 Å². The number of allylic oxidation sites excluding steroid dienone is 2. The van der Waals surface area contributed by atoms with Crippen LogP contribution in [-0.4, -0.2) is 47.5 Å². The van der Waals surface area contributed by atoms with Crippen LogP contribution in [0.1, 0.15) is 59.8 Å². The van der Waals surface area contributed by atoms with Crippen molar-refractivity contribution in [1.29, 1.82) is 0 Å². The van der Waals surface area contributed by atoms with Crippen molar-refractivity contribution in [1.82, 2.24) is 0 Å². The molecule has 3 aliphatic rings. The Hall–Kier alpha value is -0.953. The van der Waals surface area contributed by atoms with Gasteiger partial charge in [-0.25, -0.2) is 4.79 Å². The SMILES string of the molecule is COCO[C@@H]1CC[C@H]2[C@@H]3CC=C(C(=O)OC)CC=C3[C@@H](O[Si](C)(C)C(C)(C)C)C[C@@]12C. The monoisotopic (exact) mass is 450 g/mol. The van der Waals surface area contributed by atoms with Crippen molar-refractivity contribution in [2.75, 3.05) is 21.0 Å². The first-order valence-electron chi connectivity index (χ1n) is 11.7. The molecule has 6 heteroatoms. The van der Waals surface area contributed by atoms with E-state index in [-0.39, 0.29) is 28.6 Å². The fraction of sp³-hybridized carbons (Fsp3) is 0.800. The molecule has 0 bridgehead atoms. The van der Waals surface area contributed by atoms with E-state index in [0.717, 1.165) is 31.3 Å². The minimum atomic E-state index is -1.97. The van der Waals surface area contributed by atoms with Crippen LogP contribution in [0.5, 0.6) is 0 Å². The van der Waals surface area contributed by atoms with Crippen molar-refractivity contribution in [2.45, 2.75) is 90.1 Å². The fourth-order valence-corrected chi connectivity index (χ4v) is 6.97. The van der Waals surface area contributed by atoms with Gasteiger partial charge in [-0.2, -0.15) is 0 Å². The molecule has 2 fully saturated rings. The molecule has 0 radical (unpaired) electrons. The average Bonchev–Trinajstić information content (AvgIpc) is 2.86. The van der Waals surface area contributed by atoms with Gasteiger partial charge in [0.15, 0.2) is 8.32 Å². The van der Waals surface area contributed by atoms with Gasteiger partial charge in [0.1, 0.15) is 6.79 Å². The standard InChI is InChI=1S/C25H42O5Si/c1-24(2,3)31(7,8)30-21-15-25(4)20(13-14-22(25)29-16-27-5)18-11-9-17(23(26)28-6)10-12-19(18)21/h9,12,18,20-22H,10-11,13-16H2,1-8H3/t18-,20+,21+,22-,25-/m1/s1. The highest BCUT2D eigenvalue weighted by molar-refractivity contribution is 6.74. The molecule has 0 spiro atoms. The van der Waals surface area contributed by atoms with Gasteiger partial charge in [-0.05, 0) is 73.1 Å². The highest BCUT2D eigenvalue weighted by Crippen LogP contribution is 2.59. The van der Waals surface area contributed by atoms with Crippen molar-refractivity contribution < 1.29 is 23.4 Å². The Balaban J connectivity index is 1.97. The molecule has 0 N–H and O–H groups in total. The topological polar surface area (TPSA) is 54.0 Å². The van der Waals surface area contributed by atoms with Crippen molar-refractivity contribution >= 4 is 14.3 Å². The Morgan fingerprint density at radius 1 is 1.19 bits per heavy atom. The fourth-order valence-electron chi connectivity index (χ4n) is 5.69. The van der Waals surface area contributed by atoms with E-state index in [9.17, 15) is 4.79 Å². The summed E-state index contributed by atoms with van der Waals surface area (Å²) >= 11 is 0. The molecule has 3 aliphatic carbocycles. The van der Waals surface area contributed by atoms with Gasteiger partial charge in [-0.3, -0.25) is 0 Å². The lowest BCUT2D eigenvalue weighted by Crippen LogP contribution is -2.52. The quantitative estimate of drug-likeness (QED) is 0.227. The average molecular weight is 451 g/mol. The van der Waals surface area contributed by atoms with Crippen molar-refractivity contribution in [3.63, 3.8) is 0 Å². The van der Waals surface area contributed by atoms with E-state index in [2.05, 4.69) is 52.9 Å². The highest BCUT2D eigenvalue weighted by atomic mass is 28.4. The van der Waals surface area contributed by atoms with Crippen LogP contribution < -0.4 is 0 Å². The molecule has 0 aromatic carbocycles. The molecule has 0 aromatic heterocycles. The summed E-state index contributed by atoms with van der Waals surface area (Å²) in [4.78, 5) is 12.3. The molecule has 0 heterocycles. The van der Waals surface area contributed by atoms with Gasteiger partial charge in [-0.15, -0.1) is 0 Å². The molecule has 0 saturated heterocycles. The largest absolute Gasteiger partial charge is 0.466 e. The Morgan fingerprint density at radius 3 is 2.52 bits per heavy atom. The zero-order valence-electron chi connectivity index (χ0n) is 20.7. The minimum Gasteiger partial charge on any atom is -0.466 e. The second kappa shape index (κ2) is 9.12. The van der Waals surface area contributed by atoms with E-state index in [1.807, 2.05) is 0 Å². The van der Waals surface area contributed by atoms with Crippen LogP contribution in [0.2, 0.25) is 18.1 Å². The second-order valence-corrected chi connectivity index (χ2v) is 16.1. The number of rotatable bonds is 6. The third-order valence-corrected chi connectivity index (χ3v) is 13.0. The van der Waals surface area contributed by atoms with Crippen LogP contribution in [-0.2, 0) is 23.4 Å². The molecule has 5 nitrogen and oxygen atoms in total. The third kappa shape index (κ3) is 4.73. The molecule has 3 rings (SSSR count). The summed E-state index contributed by atoms with van der Waals surface area (Å²) < 4.78 is 23.5. The number of carbonyl (C=O) groups excluding carboxylic acids is 1. The van der Waals surface area contributed by atoms with Gasteiger partial charge < -0.3 is 18.6 Å². The van der Waals surface area contributed by atoms with Crippen LogP contribution in [0.15, 0.2) is 23.3 Å². The van der Waals surface area contributed by atoms with Crippen LogP contribution in [0, 0.1) is 17.3 Å². The number of ether oxygens (including phenoxy) is 3. The maximum Gasteiger partial charge on any atom is 0.333 e. The van der Waals surface area contributed by atoms with Gasteiger partial charge in [0.25, 0.3) is 0 Å². The number of fused-ring (bicyclic) bond motifs is 3. The van der Waals surface area contributed by atoms with Gasteiger partial charge >= 0.3 is 5.97 Å². The number of hydrogen-bond acceptors (Lipinski definition) is 5. The first kappa shape index (κ1) is 24.7. The predicted octanol–water partition coefficient (Wildman–Crippen LogP) is 5.62. The number of esters is 1. The number of hydrogen-bond donors (Lipinski definition) is 0. The van der Waals surface area contributed by atoms with Gasteiger partial charge in [0.2, 0.25) is 0 Å². The molecule has 2 saturated carbocycles. The summed E-state index contributed by atoms with van der Waals surface area (Å²) in [5.74, 6) is 0.688. The lowest BCUT2D eigenvalue weighted by Gasteiger charge is -2.51. The maximum absolute atomic E-state index is 12.3. The van der Waals surface area contributed by atoms with Gasteiger partial charge in [0, 0.05) is 12.7 Å². The van der Waals surface area contributed by atoms with E-state index < -0.39 is 8.32 Å². The summed E-state index contributed by atoms with van der Waals surface area (Å²) in [6, 6.07) is 0. The Kier molecular flexibility index (Phi) is 7.26. The summed E-state index contributed by atoms with van der Waals surface area (Å²) in [6.07, 6.45) is 9.29. The van der Waals surface area contributed by atoms with Crippen LogP contribution in [0.25, 0.3) is 0 Å². The normalized spacial score (nSPS) is 33.7. The van der Waals surface area contributed by atoms with Crippen LogP contribution in [0.4, 0.5) is 0 Å². The molecule has 176 valence electrons. The highest BCUT2D eigenvalue weighted by Gasteiger charge is 2.57. The van der Waals surface area contributed by atoms with E-state index in [1.165, 1.54) is 12.7 Å². The third-order valence-electron chi connectivity index (χ3n) is 8.49. The molecule has 5 atom stereocenters. The minimum absolute atomic E-state index is 0.0389. The van der Waals surface area contributed by atoms with E-state index in [4.69, 9.17) is 18.6 Å². The maximum atomic E-state index is 12.3. The number of methoxy groups -OCH3 is 2. The number of carbonyl (C=O) groups is 1. The molecule has 0 amide bonds. The van der Waals surface area contributed by atoms with Crippen molar-refractivity contribution in [3.05, 3.63) is 23.3 Å². The van der Waals surface area contributed by atoms with E-state index in [0.29, 0.717) is 25.0 Å². The zero-order chi connectivity index (χ0) is 23.0. The van der Waals surface area contributed by atoms with Gasteiger partial charge in [-0.1, -0.05) is 39.8 Å². The first-order chi connectivity index (χ1) is 14.4. The molecule has 0 aromatic rings. The van der Waals surface area contributed by atoms with Crippen molar-refractivity contribution in [3.8, 4) is 0 Å². The van der Waals surface area contributed by atoms with Crippen molar-refractivity contribution in [2.24, 2.45) is 17.3 Å². The molecule has 0 aliphatic heterocycles. The Bertz CT molecular complexity index is 735. The van der Waals surface area contributed by atoms with E-state index >= 15 is 0 Å². The first-order valence-corrected chi connectivity index (χ1v) is 14.6. The molecular weight excluding hydrogens is 408 g/mol. The summed E-state index contributed by atoms with van der Waals surface area (Å²) in [5, 5.41) is 0.141.